The van der Waals surface area contributed by atoms with Gasteiger partial charge in [0.05, 0.1) is 0 Å². The van der Waals surface area contributed by atoms with Gasteiger partial charge in [0, 0.05) is 23.7 Å². The van der Waals surface area contributed by atoms with Gasteiger partial charge in [-0.15, -0.1) is 0 Å². The van der Waals surface area contributed by atoms with Crippen LogP contribution in [0.25, 0.3) is 0 Å². The van der Waals surface area contributed by atoms with E-state index >= 15 is 0 Å². The van der Waals surface area contributed by atoms with Crippen LogP contribution < -0.4 is 5.73 Å². The molecule has 0 aromatic heterocycles. The van der Waals surface area contributed by atoms with Crippen LogP contribution in [-0.2, 0) is 0 Å². The van der Waals surface area contributed by atoms with Crippen LogP contribution in [0, 0.1) is 11.2 Å². The maximum absolute atomic E-state index is 13.5. The van der Waals surface area contributed by atoms with Gasteiger partial charge < -0.3 is 5.73 Å². The van der Waals surface area contributed by atoms with Crippen molar-refractivity contribution in [2.45, 2.75) is 39.8 Å². The van der Waals surface area contributed by atoms with Gasteiger partial charge in [0.25, 0.3) is 0 Å². The molecule has 0 aliphatic rings. The summed E-state index contributed by atoms with van der Waals surface area (Å²) in [6.45, 7) is 9.13. The van der Waals surface area contributed by atoms with E-state index in [2.05, 4.69) is 32.6 Å². The summed E-state index contributed by atoms with van der Waals surface area (Å²) in [6.07, 6.45) is 0. The molecule has 1 aromatic rings. The predicted octanol–water partition coefficient (Wildman–Crippen LogP) is 3.85. The third kappa shape index (κ3) is 4.16. The zero-order valence-electron chi connectivity index (χ0n) is 12.4. The van der Waals surface area contributed by atoms with Crippen LogP contribution >= 0.6 is 11.6 Å². The number of nitrogens with zero attached hydrogens (tertiary/aromatic N) is 1. The second-order valence-electron chi connectivity index (χ2n) is 6.16. The molecule has 0 heterocycles. The number of hydrogen-bond donors (Lipinski definition) is 1. The summed E-state index contributed by atoms with van der Waals surface area (Å²) in [4.78, 5) is 2.19. The molecule has 0 amide bonds. The van der Waals surface area contributed by atoms with E-state index in [1.54, 1.807) is 6.07 Å². The Morgan fingerprint density at radius 2 is 1.89 bits per heavy atom. The number of rotatable bonds is 4. The molecule has 0 radical (unpaired) electrons. The molecular formula is C15H24ClFN2. The Hall–Kier alpha value is -0.640. The van der Waals surface area contributed by atoms with Crippen LogP contribution in [0.15, 0.2) is 18.2 Å². The third-order valence-corrected chi connectivity index (χ3v) is 4.07. The molecule has 1 rings (SSSR count). The zero-order chi connectivity index (χ0) is 14.8. The SMILES string of the molecule is CC(N(C)C(CN)c1cc(F)cc(Cl)c1)C(C)(C)C. The van der Waals surface area contributed by atoms with Crippen LogP contribution in [0.5, 0.6) is 0 Å². The summed E-state index contributed by atoms with van der Waals surface area (Å²) in [5, 5.41) is 0.408. The molecule has 0 bridgehead atoms. The van der Waals surface area contributed by atoms with Crippen molar-refractivity contribution in [1.29, 1.82) is 0 Å². The molecule has 0 spiro atoms. The molecule has 4 heteroatoms. The molecule has 19 heavy (non-hydrogen) atoms. The van der Waals surface area contributed by atoms with Gasteiger partial charge in [0.15, 0.2) is 0 Å². The molecule has 0 saturated heterocycles. The van der Waals surface area contributed by atoms with Crippen LogP contribution in [0.4, 0.5) is 4.39 Å². The standard InChI is InChI=1S/C15H24ClFN2/c1-10(15(2,3)4)19(5)14(9-18)11-6-12(16)8-13(17)7-11/h6-8,10,14H,9,18H2,1-5H3. The van der Waals surface area contributed by atoms with Crippen molar-refractivity contribution in [3.05, 3.63) is 34.6 Å². The summed E-state index contributed by atoms with van der Waals surface area (Å²) in [5.74, 6) is -0.322. The monoisotopic (exact) mass is 286 g/mol. The van der Waals surface area contributed by atoms with Crippen molar-refractivity contribution in [1.82, 2.24) is 4.90 Å². The smallest absolute Gasteiger partial charge is 0.125 e. The second-order valence-corrected chi connectivity index (χ2v) is 6.60. The number of likely N-dealkylation sites (N-methyl/N-ethyl adjacent to an activating group) is 1. The third-order valence-electron chi connectivity index (χ3n) is 3.85. The van der Waals surface area contributed by atoms with Crippen molar-refractivity contribution >= 4 is 11.6 Å². The highest BCUT2D eigenvalue weighted by molar-refractivity contribution is 6.30. The van der Waals surface area contributed by atoms with Crippen LogP contribution in [0.1, 0.15) is 39.3 Å². The van der Waals surface area contributed by atoms with Crippen LogP contribution in [-0.4, -0.2) is 24.5 Å². The Morgan fingerprint density at radius 3 is 2.32 bits per heavy atom. The van der Waals surface area contributed by atoms with Gasteiger partial charge in [0.1, 0.15) is 5.82 Å². The lowest BCUT2D eigenvalue weighted by molar-refractivity contribution is 0.1000. The fourth-order valence-corrected chi connectivity index (χ4v) is 2.42. The molecular weight excluding hydrogens is 263 g/mol. The van der Waals surface area contributed by atoms with Gasteiger partial charge in [-0.3, -0.25) is 4.90 Å². The quantitative estimate of drug-likeness (QED) is 0.911. The Balaban J connectivity index is 3.06. The lowest BCUT2D eigenvalue weighted by Gasteiger charge is -2.40. The molecule has 0 aliphatic heterocycles. The highest BCUT2D eigenvalue weighted by Gasteiger charge is 2.29. The topological polar surface area (TPSA) is 29.3 Å². The first-order valence-electron chi connectivity index (χ1n) is 6.54. The van der Waals surface area contributed by atoms with E-state index in [1.165, 1.54) is 12.1 Å². The minimum Gasteiger partial charge on any atom is -0.329 e. The van der Waals surface area contributed by atoms with E-state index < -0.39 is 0 Å². The largest absolute Gasteiger partial charge is 0.329 e. The number of nitrogens with two attached hydrogens (primary N) is 1. The van der Waals surface area contributed by atoms with Gasteiger partial charge in [-0.25, -0.2) is 4.39 Å². The first-order valence-corrected chi connectivity index (χ1v) is 6.92. The summed E-state index contributed by atoms with van der Waals surface area (Å²) in [6, 6.07) is 4.88. The summed E-state index contributed by atoms with van der Waals surface area (Å²) < 4.78 is 13.5. The summed E-state index contributed by atoms with van der Waals surface area (Å²) >= 11 is 5.93. The lowest BCUT2D eigenvalue weighted by atomic mass is 9.86. The van der Waals surface area contributed by atoms with E-state index in [9.17, 15) is 4.39 Å². The summed E-state index contributed by atoms with van der Waals surface area (Å²) in [5.41, 5.74) is 6.83. The Labute approximate surface area is 120 Å². The first-order chi connectivity index (χ1) is 8.66. The Bertz CT molecular complexity index is 408. The van der Waals surface area contributed by atoms with Crippen molar-refractivity contribution in [2.75, 3.05) is 13.6 Å². The van der Waals surface area contributed by atoms with Crippen LogP contribution in [0.2, 0.25) is 5.02 Å². The molecule has 2 N–H and O–H groups in total. The van der Waals surface area contributed by atoms with Gasteiger partial charge >= 0.3 is 0 Å². The number of halogens is 2. The Morgan fingerprint density at radius 1 is 1.32 bits per heavy atom. The van der Waals surface area contributed by atoms with E-state index in [4.69, 9.17) is 17.3 Å². The maximum atomic E-state index is 13.5. The maximum Gasteiger partial charge on any atom is 0.125 e. The molecule has 0 aliphatic carbocycles. The fourth-order valence-electron chi connectivity index (χ4n) is 2.19. The summed E-state index contributed by atoms with van der Waals surface area (Å²) in [7, 11) is 2.02. The highest BCUT2D eigenvalue weighted by atomic mass is 35.5. The van der Waals surface area contributed by atoms with Gasteiger partial charge in [-0.05, 0) is 43.1 Å². The van der Waals surface area contributed by atoms with E-state index in [-0.39, 0.29) is 17.3 Å². The number of benzene rings is 1. The van der Waals surface area contributed by atoms with Gasteiger partial charge in [-0.1, -0.05) is 32.4 Å². The minimum absolute atomic E-state index is 0.0394. The molecule has 2 unspecified atom stereocenters. The Kier molecular flexibility index (Phi) is 5.36. The molecule has 1 aromatic carbocycles. The van der Waals surface area contributed by atoms with Crippen molar-refractivity contribution in [3.63, 3.8) is 0 Å². The lowest BCUT2D eigenvalue weighted by Crippen LogP contribution is -2.43. The van der Waals surface area contributed by atoms with Gasteiger partial charge in [-0.2, -0.15) is 0 Å². The van der Waals surface area contributed by atoms with E-state index in [0.29, 0.717) is 17.6 Å². The predicted molar refractivity (Wildman–Crippen MR) is 79.9 cm³/mol. The van der Waals surface area contributed by atoms with Crippen molar-refractivity contribution < 1.29 is 4.39 Å². The second kappa shape index (κ2) is 6.21. The fraction of sp³-hybridized carbons (Fsp3) is 0.600. The highest BCUT2D eigenvalue weighted by Crippen LogP contribution is 2.30. The number of hydrogen-bond acceptors (Lipinski definition) is 2. The molecule has 0 saturated carbocycles. The normalized spacial score (nSPS) is 15.6. The molecule has 2 nitrogen and oxygen atoms in total. The average molecular weight is 287 g/mol. The van der Waals surface area contributed by atoms with Crippen molar-refractivity contribution in [3.8, 4) is 0 Å². The van der Waals surface area contributed by atoms with E-state index in [0.717, 1.165) is 5.56 Å². The molecule has 0 fully saturated rings. The van der Waals surface area contributed by atoms with E-state index in [1.807, 2.05) is 7.05 Å². The van der Waals surface area contributed by atoms with Crippen molar-refractivity contribution in [2.24, 2.45) is 11.1 Å². The average Bonchev–Trinajstić information content (AvgIpc) is 2.26. The van der Waals surface area contributed by atoms with Gasteiger partial charge in [0.2, 0.25) is 0 Å². The first kappa shape index (κ1) is 16.4. The molecule has 108 valence electrons. The molecule has 2 atom stereocenters. The minimum atomic E-state index is -0.322. The van der Waals surface area contributed by atoms with Crippen LogP contribution in [0.3, 0.4) is 0 Å². The zero-order valence-corrected chi connectivity index (χ0v) is 13.1.